The molecule has 2 atom stereocenters. The van der Waals surface area contributed by atoms with Crippen LogP contribution in [0.4, 0.5) is 4.39 Å². The van der Waals surface area contributed by atoms with Crippen molar-refractivity contribution in [3.8, 4) is 0 Å². The highest BCUT2D eigenvalue weighted by molar-refractivity contribution is 9.10. The molecule has 18 heavy (non-hydrogen) atoms. The van der Waals surface area contributed by atoms with E-state index in [0.717, 1.165) is 12.8 Å². The second-order valence-corrected chi connectivity index (χ2v) is 5.82. The Bertz CT molecular complexity index is 449. The quantitative estimate of drug-likeness (QED) is 0.881. The lowest BCUT2D eigenvalue weighted by molar-refractivity contribution is 0.0909. The zero-order chi connectivity index (χ0) is 13.1. The van der Waals surface area contributed by atoms with Gasteiger partial charge in [0.2, 0.25) is 0 Å². The maximum absolute atomic E-state index is 13.0. The van der Waals surface area contributed by atoms with E-state index in [4.69, 9.17) is 0 Å². The Labute approximate surface area is 115 Å². The predicted octanol–water partition coefficient (Wildman–Crippen LogP) is 3.90. The summed E-state index contributed by atoms with van der Waals surface area (Å²) in [5, 5.41) is 3.05. The van der Waals surface area contributed by atoms with Crippen LogP contribution in [0.25, 0.3) is 0 Å². The molecular formula is C14H17BrFNO. The second kappa shape index (κ2) is 5.83. The van der Waals surface area contributed by atoms with Gasteiger partial charge in [0, 0.05) is 10.5 Å². The number of hydrogen-bond donors (Lipinski definition) is 1. The molecule has 98 valence electrons. The summed E-state index contributed by atoms with van der Waals surface area (Å²) < 4.78 is 13.5. The Morgan fingerprint density at radius 2 is 2.11 bits per heavy atom. The van der Waals surface area contributed by atoms with Gasteiger partial charge in [-0.25, -0.2) is 4.39 Å². The van der Waals surface area contributed by atoms with Gasteiger partial charge in [-0.2, -0.15) is 0 Å². The smallest absolute Gasteiger partial charge is 0.252 e. The number of rotatable bonds is 2. The Hall–Kier alpha value is -0.900. The summed E-state index contributed by atoms with van der Waals surface area (Å²) in [4.78, 5) is 12.1. The lowest BCUT2D eigenvalue weighted by Crippen LogP contribution is -2.41. The number of hydrogen-bond acceptors (Lipinski definition) is 1. The largest absolute Gasteiger partial charge is 0.349 e. The molecule has 1 aliphatic rings. The lowest BCUT2D eigenvalue weighted by Gasteiger charge is -2.29. The van der Waals surface area contributed by atoms with Gasteiger partial charge in [-0.05, 0) is 52.9 Å². The lowest BCUT2D eigenvalue weighted by atomic mass is 9.86. The minimum atomic E-state index is -0.343. The molecule has 0 aliphatic heterocycles. The molecule has 0 saturated heterocycles. The molecule has 0 bridgehead atoms. The van der Waals surface area contributed by atoms with Gasteiger partial charge in [-0.15, -0.1) is 0 Å². The van der Waals surface area contributed by atoms with E-state index >= 15 is 0 Å². The van der Waals surface area contributed by atoms with Crippen molar-refractivity contribution in [3.05, 3.63) is 34.1 Å². The molecule has 0 radical (unpaired) electrons. The van der Waals surface area contributed by atoms with Crippen LogP contribution in [0, 0.1) is 11.7 Å². The van der Waals surface area contributed by atoms with Gasteiger partial charge in [-0.3, -0.25) is 4.79 Å². The summed E-state index contributed by atoms with van der Waals surface area (Å²) in [6, 6.07) is 4.38. The fourth-order valence-electron chi connectivity index (χ4n) is 2.45. The Morgan fingerprint density at radius 1 is 1.39 bits per heavy atom. The topological polar surface area (TPSA) is 29.1 Å². The van der Waals surface area contributed by atoms with Crippen molar-refractivity contribution >= 4 is 21.8 Å². The fourth-order valence-corrected chi connectivity index (χ4v) is 2.98. The molecule has 2 rings (SSSR count). The number of halogens is 2. The summed E-state index contributed by atoms with van der Waals surface area (Å²) in [7, 11) is 0. The van der Waals surface area contributed by atoms with E-state index in [1.807, 2.05) is 0 Å². The molecular weight excluding hydrogens is 297 g/mol. The average Bonchev–Trinajstić information content (AvgIpc) is 2.32. The van der Waals surface area contributed by atoms with Crippen LogP contribution in [0.2, 0.25) is 0 Å². The minimum absolute atomic E-state index is 0.124. The molecule has 0 heterocycles. The molecule has 1 aliphatic carbocycles. The van der Waals surface area contributed by atoms with Crippen molar-refractivity contribution in [1.29, 1.82) is 0 Å². The first-order valence-corrected chi connectivity index (χ1v) is 7.13. The van der Waals surface area contributed by atoms with Crippen molar-refractivity contribution < 1.29 is 9.18 Å². The first-order valence-electron chi connectivity index (χ1n) is 6.34. The van der Waals surface area contributed by atoms with Gasteiger partial charge in [0.25, 0.3) is 5.91 Å². The summed E-state index contributed by atoms with van der Waals surface area (Å²) in [5.41, 5.74) is 0.495. The summed E-state index contributed by atoms with van der Waals surface area (Å²) >= 11 is 3.23. The Balaban J connectivity index is 2.07. The molecule has 1 N–H and O–H groups in total. The van der Waals surface area contributed by atoms with E-state index in [1.54, 1.807) is 0 Å². The van der Waals surface area contributed by atoms with Crippen LogP contribution >= 0.6 is 15.9 Å². The van der Waals surface area contributed by atoms with Gasteiger partial charge in [0.1, 0.15) is 5.82 Å². The average molecular weight is 314 g/mol. The Morgan fingerprint density at radius 3 is 2.78 bits per heavy atom. The van der Waals surface area contributed by atoms with Crippen LogP contribution in [0.5, 0.6) is 0 Å². The molecule has 0 spiro atoms. The third-order valence-electron chi connectivity index (χ3n) is 3.60. The highest BCUT2D eigenvalue weighted by Gasteiger charge is 2.23. The standard InChI is InChI=1S/C14H17BrFNO/c1-9-4-2-3-5-13(9)17-14(18)11-7-6-10(16)8-12(11)15/h6-9,13H,2-5H2,1H3,(H,17,18). The van der Waals surface area contributed by atoms with Crippen molar-refractivity contribution in [2.24, 2.45) is 5.92 Å². The maximum atomic E-state index is 13.0. The summed E-state index contributed by atoms with van der Waals surface area (Å²) in [6.45, 7) is 2.17. The van der Waals surface area contributed by atoms with E-state index < -0.39 is 0 Å². The highest BCUT2D eigenvalue weighted by Crippen LogP contribution is 2.25. The molecule has 1 fully saturated rings. The molecule has 1 aromatic carbocycles. The van der Waals surface area contributed by atoms with E-state index in [1.165, 1.54) is 31.0 Å². The summed E-state index contributed by atoms with van der Waals surface area (Å²) in [5.74, 6) is 0.0482. The molecule has 1 saturated carbocycles. The third-order valence-corrected chi connectivity index (χ3v) is 4.26. The van der Waals surface area contributed by atoms with Crippen LogP contribution in [-0.2, 0) is 0 Å². The zero-order valence-corrected chi connectivity index (χ0v) is 12.0. The van der Waals surface area contributed by atoms with E-state index in [0.29, 0.717) is 16.0 Å². The van der Waals surface area contributed by atoms with Crippen molar-refractivity contribution in [2.75, 3.05) is 0 Å². The Kier molecular flexibility index (Phi) is 4.38. The third kappa shape index (κ3) is 3.10. The molecule has 1 amide bonds. The van der Waals surface area contributed by atoms with E-state index in [2.05, 4.69) is 28.2 Å². The first-order chi connectivity index (χ1) is 8.58. The second-order valence-electron chi connectivity index (χ2n) is 4.97. The molecule has 2 nitrogen and oxygen atoms in total. The SMILES string of the molecule is CC1CCCCC1NC(=O)c1ccc(F)cc1Br. The van der Waals surface area contributed by atoms with E-state index in [9.17, 15) is 9.18 Å². The van der Waals surface area contributed by atoms with Crippen molar-refractivity contribution in [3.63, 3.8) is 0 Å². The first kappa shape index (κ1) is 13.5. The number of carbonyl (C=O) groups excluding carboxylic acids is 1. The molecule has 0 aromatic heterocycles. The highest BCUT2D eigenvalue weighted by atomic mass is 79.9. The van der Waals surface area contributed by atoms with Gasteiger partial charge in [0.15, 0.2) is 0 Å². The number of carbonyl (C=O) groups is 1. The van der Waals surface area contributed by atoms with Gasteiger partial charge in [0.05, 0.1) is 5.56 Å². The minimum Gasteiger partial charge on any atom is -0.349 e. The monoisotopic (exact) mass is 313 g/mol. The molecule has 2 unspecified atom stereocenters. The van der Waals surface area contributed by atoms with Crippen molar-refractivity contribution in [1.82, 2.24) is 5.32 Å². The van der Waals surface area contributed by atoms with Gasteiger partial charge in [-0.1, -0.05) is 19.8 Å². The van der Waals surface area contributed by atoms with E-state index in [-0.39, 0.29) is 17.8 Å². The van der Waals surface area contributed by atoms with Crippen LogP contribution in [-0.4, -0.2) is 11.9 Å². The van der Waals surface area contributed by atoms with Gasteiger partial charge < -0.3 is 5.32 Å². The number of benzene rings is 1. The van der Waals surface area contributed by atoms with Crippen LogP contribution in [0.15, 0.2) is 22.7 Å². The van der Waals surface area contributed by atoms with Crippen LogP contribution < -0.4 is 5.32 Å². The van der Waals surface area contributed by atoms with Crippen LogP contribution in [0.1, 0.15) is 43.0 Å². The predicted molar refractivity (Wildman–Crippen MR) is 73.0 cm³/mol. The normalized spacial score (nSPS) is 23.7. The van der Waals surface area contributed by atoms with Crippen LogP contribution in [0.3, 0.4) is 0 Å². The van der Waals surface area contributed by atoms with Crippen molar-refractivity contribution in [2.45, 2.75) is 38.6 Å². The molecule has 4 heteroatoms. The summed E-state index contributed by atoms with van der Waals surface area (Å²) in [6.07, 6.45) is 4.61. The molecule has 1 aromatic rings. The number of amides is 1. The number of nitrogens with one attached hydrogen (secondary N) is 1. The zero-order valence-electron chi connectivity index (χ0n) is 10.4. The maximum Gasteiger partial charge on any atom is 0.252 e. The van der Waals surface area contributed by atoms with Gasteiger partial charge >= 0.3 is 0 Å². The fraction of sp³-hybridized carbons (Fsp3) is 0.500.